The molecule has 1 aliphatic rings. The summed E-state index contributed by atoms with van der Waals surface area (Å²) in [5, 5.41) is 10.7. The van der Waals surface area contributed by atoms with Gasteiger partial charge in [-0.3, -0.25) is 19.3 Å². The molecule has 1 aromatic heterocycles. The van der Waals surface area contributed by atoms with Crippen molar-refractivity contribution in [3.05, 3.63) is 45.5 Å². The number of carbonyl (C=O) groups is 2. The van der Waals surface area contributed by atoms with Crippen molar-refractivity contribution >= 4 is 12.4 Å². The van der Waals surface area contributed by atoms with E-state index in [0.29, 0.717) is 61.3 Å². The average Bonchev–Trinajstić information content (AvgIpc) is 2.88. The van der Waals surface area contributed by atoms with Gasteiger partial charge in [-0.1, -0.05) is 0 Å². The number of piperazine rings is 1. The van der Waals surface area contributed by atoms with E-state index in [9.17, 15) is 19.5 Å². The SMILES string of the molecule is COC(=O)C[C@H](c1cc(OC)c(OC)c(OC)c1)c1oc(CN2CCN(C=O)CC2)cc(=O)c1O. The number of nitrogens with zero attached hydrogens (tertiary/aromatic N) is 2. The minimum absolute atomic E-state index is 0.0706. The third-order valence-corrected chi connectivity index (χ3v) is 5.94. The molecule has 1 aliphatic heterocycles. The highest BCUT2D eigenvalue weighted by atomic mass is 16.5. The molecule has 0 saturated carbocycles. The number of amides is 1. The first kappa shape index (κ1) is 25.9. The lowest BCUT2D eigenvalue weighted by molar-refractivity contribution is -0.141. The summed E-state index contributed by atoms with van der Waals surface area (Å²) in [4.78, 5) is 39.6. The second kappa shape index (κ2) is 11.6. The minimum Gasteiger partial charge on any atom is -0.502 e. The monoisotopic (exact) mass is 490 g/mol. The first-order chi connectivity index (χ1) is 16.8. The zero-order valence-electron chi connectivity index (χ0n) is 20.2. The van der Waals surface area contributed by atoms with E-state index in [4.69, 9.17) is 23.4 Å². The van der Waals surface area contributed by atoms with Crippen LogP contribution in [0, 0.1) is 0 Å². The number of hydrogen-bond acceptors (Lipinski definition) is 10. The summed E-state index contributed by atoms with van der Waals surface area (Å²) in [5.41, 5.74) is -0.143. The molecule has 3 rings (SSSR count). The molecule has 0 aliphatic carbocycles. The van der Waals surface area contributed by atoms with Crippen LogP contribution in [-0.4, -0.2) is 81.9 Å². The van der Waals surface area contributed by atoms with E-state index in [2.05, 4.69) is 0 Å². The second-order valence-electron chi connectivity index (χ2n) is 8.00. The zero-order valence-corrected chi connectivity index (χ0v) is 20.2. The van der Waals surface area contributed by atoms with E-state index in [1.807, 2.05) is 4.90 Å². The Morgan fingerprint density at radius 2 is 1.69 bits per heavy atom. The zero-order chi connectivity index (χ0) is 25.5. The summed E-state index contributed by atoms with van der Waals surface area (Å²) in [6.45, 7) is 2.65. The summed E-state index contributed by atoms with van der Waals surface area (Å²) in [5.74, 6) is -0.766. The molecule has 1 fully saturated rings. The lowest BCUT2D eigenvalue weighted by atomic mass is 9.91. The Morgan fingerprint density at radius 3 is 2.20 bits per heavy atom. The van der Waals surface area contributed by atoms with Crippen molar-refractivity contribution in [2.45, 2.75) is 18.9 Å². The Hall–Kier alpha value is -3.73. The van der Waals surface area contributed by atoms with Gasteiger partial charge < -0.3 is 33.4 Å². The van der Waals surface area contributed by atoms with Crippen molar-refractivity contribution in [3.63, 3.8) is 0 Å². The van der Waals surface area contributed by atoms with Crippen molar-refractivity contribution in [2.75, 3.05) is 54.6 Å². The predicted molar refractivity (Wildman–Crippen MR) is 124 cm³/mol. The van der Waals surface area contributed by atoms with Crippen LogP contribution in [-0.2, 0) is 20.9 Å². The fourth-order valence-corrected chi connectivity index (χ4v) is 4.03. The number of hydrogen-bond donors (Lipinski definition) is 1. The molecule has 2 aromatic rings. The van der Waals surface area contributed by atoms with Crippen LogP contribution in [0.2, 0.25) is 0 Å². The highest BCUT2D eigenvalue weighted by Gasteiger charge is 2.29. The number of benzene rings is 1. The van der Waals surface area contributed by atoms with Gasteiger partial charge in [0.2, 0.25) is 23.3 Å². The normalized spacial score (nSPS) is 14.8. The van der Waals surface area contributed by atoms with Gasteiger partial charge in [-0.15, -0.1) is 0 Å². The molecule has 0 radical (unpaired) electrons. The molecule has 35 heavy (non-hydrogen) atoms. The third kappa shape index (κ3) is 5.86. The number of carbonyl (C=O) groups excluding carboxylic acids is 2. The molecule has 190 valence electrons. The maximum atomic E-state index is 12.7. The summed E-state index contributed by atoms with van der Waals surface area (Å²) in [6.07, 6.45) is 0.595. The molecule has 0 bridgehead atoms. The maximum absolute atomic E-state index is 12.7. The molecule has 1 N–H and O–H groups in total. The third-order valence-electron chi connectivity index (χ3n) is 5.94. The van der Waals surface area contributed by atoms with Crippen molar-refractivity contribution in [3.8, 4) is 23.0 Å². The first-order valence-electron chi connectivity index (χ1n) is 11.0. The number of rotatable bonds is 10. The summed E-state index contributed by atoms with van der Waals surface area (Å²) >= 11 is 0. The van der Waals surface area contributed by atoms with E-state index >= 15 is 0 Å². The molecule has 1 atom stereocenters. The van der Waals surface area contributed by atoms with Gasteiger partial charge in [0.15, 0.2) is 17.3 Å². The van der Waals surface area contributed by atoms with Crippen LogP contribution in [0.4, 0.5) is 0 Å². The fourth-order valence-electron chi connectivity index (χ4n) is 4.03. The topological polar surface area (TPSA) is 128 Å². The van der Waals surface area contributed by atoms with E-state index in [-0.39, 0.29) is 12.2 Å². The van der Waals surface area contributed by atoms with Crippen molar-refractivity contribution in [1.29, 1.82) is 0 Å². The van der Waals surface area contributed by atoms with Crippen LogP contribution >= 0.6 is 0 Å². The van der Waals surface area contributed by atoms with Crippen LogP contribution < -0.4 is 19.6 Å². The van der Waals surface area contributed by atoms with Crippen LogP contribution in [0.5, 0.6) is 23.0 Å². The van der Waals surface area contributed by atoms with E-state index < -0.39 is 23.1 Å². The van der Waals surface area contributed by atoms with Gasteiger partial charge >= 0.3 is 5.97 Å². The Kier molecular flexibility index (Phi) is 8.58. The minimum atomic E-state index is -0.879. The Labute approximate surface area is 202 Å². The molecule has 1 amide bonds. The van der Waals surface area contributed by atoms with Crippen molar-refractivity contribution in [1.82, 2.24) is 9.80 Å². The molecule has 1 aromatic carbocycles. The van der Waals surface area contributed by atoms with Gasteiger partial charge in [-0.2, -0.15) is 0 Å². The van der Waals surface area contributed by atoms with Gasteiger partial charge in [0.25, 0.3) is 0 Å². The molecule has 1 saturated heterocycles. The van der Waals surface area contributed by atoms with Crippen LogP contribution in [0.15, 0.2) is 27.4 Å². The Bertz CT molecular complexity index is 1080. The van der Waals surface area contributed by atoms with Gasteiger partial charge in [-0.25, -0.2) is 0 Å². The Balaban J connectivity index is 2.05. The standard InChI is InChI=1S/C24H30N2O9/c1-31-19-9-15(10-20(32-2)24(19)34-4)17(12-21(29)33-3)23-22(30)18(28)11-16(35-23)13-25-5-7-26(14-27)8-6-25/h9-11,14,17,30H,5-8,12-13H2,1-4H3/t17-/m1/s1. The molecule has 2 heterocycles. The predicted octanol–water partition coefficient (Wildman–Crippen LogP) is 1.34. The number of aromatic hydroxyl groups is 1. The summed E-state index contributed by atoms with van der Waals surface area (Å²) in [7, 11) is 5.63. The Morgan fingerprint density at radius 1 is 1.06 bits per heavy atom. The molecular weight excluding hydrogens is 460 g/mol. The summed E-state index contributed by atoms with van der Waals surface area (Å²) in [6, 6.07) is 4.48. The van der Waals surface area contributed by atoms with E-state index in [0.717, 1.165) is 6.41 Å². The summed E-state index contributed by atoms with van der Waals surface area (Å²) < 4.78 is 27.1. The highest BCUT2D eigenvalue weighted by Crippen LogP contribution is 2.43. The number of methoxy groups -OCH3 is 4. The molecule has 11 heteroatoms. The van der Waals surface area contributed by atoms with Crippen LogP contribution in [0.1, 0.15) is 29.4 Å². The van der Waals surface area contributed by atoms with E-state index in [1.165, 1.54) is 34.5 Å². The van der Waals surface area contributed by atoms with Gasteiger partial charge in [0.05, 0.1) is 47.3 Å². The van der Waals surface area contributed by atoms with Gasteiger partial charge in [-0.05, 0) is 17.7 Å². The van der Waals surface area contributed by atoms with E-state index in [1.54, 1.807) is 17.0 Å². The number of esters is 1. The van der Waals surface area contributed by atoms with Crippen LogP contribution in [0.25, 0.3) is 0 Å². The smallest absolute Gasteiger partial charge is 0.306 e. The van der Waals surface area contributed by atoms with Crippen molar-refractivity contribution < 1.29 is 38.1 Å². The lowest BCUT2D eigenvalue weighted by Crippen LogP contribution is -2.45. The average molecular weight is 491 g/mol. The second-order valence-corrected chi connectivity index (χ2v) is 8.00. The first-order valence-corrected chi connectivity index (χ1v) is 11.0. The van der Waals surface area contributed by atoms with Crippen LogP contribution in [0.3, 0.4) is 0 Å². The molecule has 0 spiro atoms. The number of ether oxygens (including phenoxy) is 4. The van der Waals surface area contributed by atoms with Gasteiger partial charge in [0.1, 0.15) is 5.76 Å². The highest BCUT2D eigenvalue weighted by molar-refractivity contribution is 5.71. The quantitative estimate of drug-likeness (QED) is 0.385. The molecule has 0 unspecified atom stereocenters. The molecular formula is C24H30N2O9. The van der Waals surface area contributed by atoms with Gasteiger partial charge in [0, 0.05) is 32.2 Å². The largest absolute Gasteiger partial charge is 0.502 e. The van der Waals surface area contributed by atoms with Crippen molar-refractivity contribution in [2.24, 2.45) is 0 Å². The maximum Gasteiger partial charge on any atom is 0.306 e. The lowest BCUT2D eigenvalue weighted by Gasteiger charge is -2.32. The fraction of sp³-hybridized carbons (Fsp3) is 0.458. The molecule has 11 nitrogen and oxygen atoms in total.